The molecule has 0 bridgehead atoms. The van der Waals surface area contributed by atoms with Gasteiger partial charge >= 0.3 is 0 Å². The highest BCUT2D eigenvalue weighted by Gasteiger charge is 2.35. The molecule has 8 aromatic carbocycles. The molecule has 0 radical (unpaired) electrons. The van der Waals surface area contributed by atoms with E-state index in [1.54, 1.807) is 12.1 Å². The molecule has 0 amide bonds. The van der Waals surface area contributed by atoms with Gasteiger partial charge in [0.2, 0.25) is 9.84 Å². The predicted molar refractivity (Wildman–Crippen MR) is 260 cm³/mol. The van der Waals surface area contributed by atoms with Crippen LogP contribution in [0.5, 0.6) is 0 Å². The Labute approximate surface area is 377 Å². The van der Waals surface area contributed by atoms with Gasteiger partial charge in [-0.3, -0.25) is 4.90 Å². The van der Waals surface area contributed by atoms with Gasteiger partial charge in [-0.1, -0.05) is 170 Å². The average molecular weight is 859 g/mol. The van der Waals surface area contributed by atoms with Crippen LogP contribution in [0.2, 0.25) is 0 Å². The third kappa shape index (κ3) is 7.49. The number of hydrogen-bond acceptors (Lipinski definition) is 8. The van der Waals surface area contributed by atoms with E-state index >= 15 is 8.42 Å². The number of benzene rings is 8. The van der Waals surface area contributed by atoms with Crippen LogP contribution < -0.4 is 9.80 Å². The Morgan fingerprint density at radius 1 is 0.308 bits per heavy atom. The Balaban J connectivity index is 1.12. The first-order valence-corrected chi connectivity index (χ1v) is 22.7. The Kier molecular flexibility index (Phi) is 10.1. The van der Waals surface area contributed by atoms with Gasteiger partial charge in [0.05, 0.1) is 26.9 Å². The van der Waals surface area contributed by atoms with Gasteiger partial charge in [0, 0.05) is 62.6 Å². The third-order valence-electron chi connectivity index (χ3n) is 11.4. The van der Waals surface area contributed by atoms with E-state index in [-0.39, 0.29) is 9.79 Å². The van der Waals surface area contributed by atoms with Gasteiger partial charge < -0.3 is 4.90 Å². The van der Waals surface area contributed by atoms with Gasteiger partial charge in [0.25, 0.3) is 0 Å². The van der Waals surface area contributed by atoms with Crippen LogP contribution in [0.1, 0.15) is 0 Å². The van der Waals surface area contributed by atoms with E-state index in [2.05, 4.69) is 4.90 Å². The predicted octanol–water partition coefficient (Wildman–Crippen LogP) is 13.7. The van der Waals surface area contributed by atoms with Crippen molar-refractivity contribution in [2.75, 3.05) is 9.80 Å². The number of para-hydroxylation sites is 2. The van der Waals surface area contributed by atoms with E-state index < -0.39 is 9.84 Å². The molecule has 65 heavy (non-hydrogen) atoms. The molecule has 1 aliphatic rings. The van der Waals surface area contributed by atoms with Gasteiger partial charge in [-0.05, 0) is 48.5 Å². The zero-order valence-electron chi connectivity index (χ0n) is 34.8. The molecule has 8 nitrogen and oxygen atoms in total. The van der Waals surface area contributed by atoms with Crippen LogP contribution in [0.4, 0.5) is 34.4 Å². The van der Waals surface area contributed by atoms with Crippen molar-refractivity contribution in [3.8, 4) is 56.4 Å². The zero-order chi connectivity index (χ0) is 43.7. The summed E-state index contributed by atoms with van der Waals surface area (Å²) in [5, 5.41) is 0. The maximum atomic E-state index is 15.0. The van der Waals surface area contributed by atoms with Crippen molar-refractivity contribution < 1.29 is 8.42 Å². The minimum absolute atomic E-state index is 0.194. The lowest BCUT2D eigenvalue weighted by atomic mass is 10.0. The minimum Gasteiger partial charge on any atom is -0.310 e. The summed E-state index contributed by atoms with van der Waals surface area (Å²) < 4.78 is 30.1. The molecule has 10 aromatic rings. The van der Waals surface area contributed by atoms with Crippen molar-refractivity contribution in [1.82, 2.24) is 19.9 Å². The Hall–Kier alpha value is -8.53. The molecule has 0 atom stereocenters. The fourth-order valence-electron chi connectivity index (χ4n) is 8.34. The summed E-state index contributed by atoms with van der Waals surface area (Å²) in [5.74, 6) is 1.99. The second kappa shape index (κ2) is 16.6. The molecule has 9 heteroatoms. The Morgan fingerprint density at radius 2 is 0.646 bits per heavy atom. The number of rotatable bonds is 10. The fourth-order valence-corrected chi connectivity index (χ4v) is 10.1. The fraction of sp³-hybridized carbons (Fsp3) is 0. The molecule has 310 valence electrons. The van der Waals surface area contributed by atoms with E-state index in [0.717, 1.165) is 39.3 Å². The minimum atomic E-state index is -4.03. The zero-order valence-corrected chi connectivity index (χ0v) is 35.7. The van der Waals surface area contributed by atoms with Crippen molar-refractivity contribution >= 4 is 44.2 Å². The van der Waals surface area contributed by atoms with E-state index in [1.807, 2.05) is 223 Å². The topological polar surface area (TPSA) is 92.2 Å². The summed E-state index contributed by atoms with van der Waals surface area (Å²) in [4.78, 5) is 25.1. The van der Waals surface area contributed by atoms with Crippen molar-refractivity contribution in [3.63, 3.8) is 0 Å². The Bertz CT molecular complexity index is 3150. The summed E-state index contributed by atoms with van der Waals surface area (Å²) in [6.45, 7) is 0. The Morgan fingerprint density at radius 3 is 1.03 bits per heavy atom. The molecule has 0 saturated heterocycles. The van der Waals surface area contributed by atoms with Gasteiger partial charge in [-0.25, -0.2) is 28.4 Å². The molecule has 0 spiro atoms. The highest BCUT2D eigenvalue weighted by molar-refractivity contribution is 7.92. The second-order valence-electron chi connectivity index (χ2n) is 15.5. The molecule has 0 aliphatic carbocycles. The standard InChI is InChI=1S/C56H38N6O2S/c63-65(64)51-35-45(61(43-27-15-5-16-28-43)44-29-17-6-18-30-44)31-33-47(51)48-34-32-46(36-52(48)65)62(53-37-49(39-19-7-1-8-20-39)57-55(59-53)41-23-11-3-12-24-41)54-38-50(40-21-9-2-10-22-40)58-56(60-54)42-25-13-4-14-26-42/h1-38H. The number of nitrogens with zero attached hydrogens (tertiary/aromatic N) is 6. The van der Waals surface area contributed by atoms with Crippen LogP contribution in [0, 0.1) is 0 Å². The first kappa shape index (κ1) is 39.3. The lowest BCUT2D eigenvalue weighted by molar-refractivity contribution is 0.598. The average Bonchev–Trinajstić information content (AvgIpc) is 3.60. The second-order valence-corrected chi connectivity index (χ2v) is 17.4. The van der Waals surface area contributed by atoms with Crippen molar-refractivity contribution in [2.24, 2.45) is 0 Å². The summed E-state index contributed by atoms with van der Waals surface area (Å²) >= 11 is 0. The number of aromatic nitrogens is 4. The molecule has 2 aromatic heterocycles. The van der Waals surface area contributed by atoms with Crippen LogP contribution in [-0.2, 0) is 9.84 Å². The van der Waals surface area contributed by atoms with E-state index in [4.69, 9.17) is 19.9 Å². The molecule has 0 fully saturated rings. The number of hydrogen-bond donors (Lipinski definition) is 0. The van der Waals surface area contributed by atoms with Gasteiger partial charge in [-0.2, -0.15) is 0 Å². The highest BCUT2D eigenvalue weighted by Crippen LogP contribution is 2.49. The van der Waals surface area contributed by atoms with Crippen molar-refractivity contribution in [3.05, 3.63) is 231 Å². The summed E-state index contributed by atoms with van der Waals surface area (Å²) in [7, 11) is -4.03. The maximum absolute atomic E-state index is 15.0. The molecule has 11 rings (SSSR count). The lowest BCUT2D eigenvalue weighted by Crippen LogP contribution is -2.16. The quantitative estimate of drug-likeness (QED) is 0.134. The highest BCUT2D eigenvalue weighted by atomic mass is 32.2. The third-order valence-corrected chi connectivity index (χ3v) is 13.3. The summed E-state index contributed by atoms with van der Waals surface area (Å²) in [6, 6.07) is 74.6. The van der Waals surface area contributed by atoms with Crippen LogP contribution in [0.25, 0.3) is 56.4 Å². The SMILES string of the molecule is O=S1(=O)c2cc(N(c3ccccc3)c3ccccc3)ccc2-c2ccc(N(c3cc(-c4ccccc4)nc(-c4ccccc4)n3)c3cc(-c4ccccc4)nc(-c4ccccc4)n3)cc21. The smallest absolute Gasteiger partial charge is 0.207 e. The van der Waals surface area contributed by atoms with E-state index in [0.29, 0.717) is 51.5 Å². The van der Waals surface area contributed by atoms with E-state index in [1.165, 1.54) is 0 Å². The van der Waals surface area contributed by atoms with Crippen molar-refractivity contribution in [1.29, 1.82) is 0 Å². The number of anilines is 6. The first-order chi connectivity index (χ1) is 32.0. The van der Waals surface area contributed by atoms with E-state index in [9.17, 15) is 0 Å². The molecule has 0 unspecified atom stereocenters. The van der Waals surface area contributed by atoms with Gasteiger partial charge in [0.1, 0.15) is 11.6 Å². The lowest BCUT2D eigenvalue weighted by Gasteiger charge is -2.25. The van der Waals surface area contributed by atoms with Crippen LogP contribution in [0.3, 0.4) is 0 Å². The van der Waals surface area contributed by atoms with Crippen LogP contribution in [0.15, 0.2) is 240 Å². The summed E-state index contributed by atoms with van der Waals surface area (Å²) in [5.41, 5.74) is 9.18. The first-order valence-electron chi connectivity index (χ1n) is 21.2. The van der Waals surface area contributed by atoms with Gasteiger partial charge in [0.15, 0.2) is 11.6 Å². The normalized spacial score (nSPS) is 12.2. The molecule has 3 heterocycles. The largest absolute Gasteiger partial charge is 0.310 e. The number of sulfone groups is 1. The van der Waals surface area contributed by atoms with Gasteiger partial charge in [-0.15, -0.1) is 0 Å². The summed E-state index contributed by atoms with van der Waals surface area (Å²) in [6.07, 6.45) is 0. The monoisotopic (exact) mass is 858 g/mol. The molecular formula is C56H38N6O2S. The van der Waals surface area contributed by atoms with Crippen molar-refractivity contribution in [2.45, 2.75) is 9.79 Å². The molecule has 1 aliphatic heterocycles. The number of fused-ring (bicyclic) bond motifs is 3. The molecule has 0 N–H and O–H groups in total. The maximum Gasteiger partial charge on any atom is 0.207 e. The van der Waals surface area contributed by atoms with Crippen LogP contribution in [-0.4, -0.2) is 28.4 Å². The van der Waals surface area contributed by atoms with Crippen LogP contribution >= 0.6 is 0 Å². The molecule has 0 saturated carbocycles. The molecular weight excluding hydrogens is 821 g/mol.